The van der Waals surface area contributed by atoms with Crippen LogP contribution in [-0.4, -0.2) is 38.4 Å². The molecule has 98 valence electrons. The quantitative estimate of drug-likeness (QED) is 0.417. The van der Waals surface area contributed by atoms with Crippen LogP contribution in [0.1, 0.15) is 26.7 Å². The van der Waals surface area contributed by atoms with Crippen molar-refractivity contribution >= 4 is 5.97 Å². The Labute approximate surface area is 103 Å². The van der Waals surface area contributed by atoms with E-state index in [4.69, 9.17) is 9.47 Å². The molecule has 0 aromatic carbocycles. The third kappa shape index (κ3) is 5.33. The number of hydrogen-bond acceptors (Lipinski definition) is 4. The molecule has 1 fully saturated rings. The zero-order valence-corrected chi connectivity index (χ0v) is 10.8. The van der Waals surface area contributed by atoms with Gasteiger partial charge in [0.05, 0.1) is 12.7 Å². The largest absolute Gasteiger partial charge is 0.463 e. The molecule has 1 aliphatic heterocycles. The third-order valence-corrected chi connectivity index (χ3v) is 2.96. The summed E-state index contributed by atoms with van der Waals surface area (Å²) >= 11 is 0. The summed E-state index contributed by atoms with van der Waals surface area (Å²) in [5.41, 5.74) is 0. The summed E-state index contributed by atoms with van der Waals surface area (Å²) in [6, 6.07) is 0. The number of nitrogens with one attached hydrogen (secondary N) is 1. The van der Waals surface area contributed by atoms with E-state index in [9.17, 15) is 4.79 Å². The first-order valence-corrected chi connectivity index (χ1v) is 6.43. The molecule has 1 heterocycles. The molecule has 1 rings (SSSR count). The number of esters is 1. The zero-order chi connectivity index (χ0) is 12.5. The van der Waals surface area contributed by atoms with Crippen molar-refractivity contribution in [3.63, 3.8) is 0 Å². The maximum atomic E-state index is 11.0. The van der Waals surface area contributed by atoms with E-state index in [1.54, 1.807) is 13.0 Å². The smallest absolute Gasteiger partial charge is 0.330 e. The molecule has 0 bridgehead atoms. The Morgan fingerprint density at radius 1 is 1.53 bits per heavy atom. The lowest BCUT2D eigenvalue weighted by Gasteiger charge is -2.16. The van der Waals surface area contributed by atoms with Crippen molar-refractivity contribution in [3.8, 4) is 0 Å². The summed E-state index contributed by atoms with van der Waals surface area (Å²) in [5, 5.41) is 3.31. The second-order valence-corrected chi connectivity index (χ2v) is 4.18. The van der Waals surface area contributed by atoms with Crippen molar-refractivity contribution in [3.05, 3.63) is 12.2 Å². The highest BCUT2D eigenvalue weighted by atomic mass is 16.5. The van der Waals surface area contributed by atoms with Crippen LogP contribution in [0.3, 0.4) is 0 Å². The van der Waals surface area contributed by atoms with Crippen molar-refractivity contribution in [1.29, 1.82) is 0 Å². The molecule has 0 aliphatic carbocycles. The number of hydrogen-bond donors (Lipinski definition) is 1. The molecule has 1 aliphatic rings. The van der Waals surface area contributed by atoms with Crippen molar-refractivity contribution in [1.82, 2.24) is 5.32 Å². The minimum atomic E-state index is -0.273. The molecule has 2 atom stereocenters. The first kappa shape index (κ1) is 14.2. The highest BCUT2D eigenvalue weighted by molar-refractivity contribution is 5.81. The summed E-state index contributed by atoms with van der Waals surface area (Å²) in [5.74, 6) is 0.334. The molecule has 0 spiro atoms. The molecule has 17 heavy (non-hydrogen) atoms. The van der Waals surface area contributed by atoms with E-state index in [1.807, 2.05) is 0 Å². The second kappa shape index (κ2) is 8.25. The number of rotatable bonds is 7. The molecule has 1 saturated heterocycles. The van der Waals surface area contributed by atoms with Gasteiger partial charge in [-0.2, -0.15) is 0 Å². The summed E-state index contributed by atoms with van der Waals surface area (Å²) in [4.78, 5) is 11.0. The molecule has 2 unspecified atom stereocenters. The molecule has 0 aromatic heterocycles. The Morgan fingerprint density at radius 3 is 3.06 bits per heavy atom. The molecule has 0 aromatic rings. The fourth-order valence-corrected chi connectivity index (χ4v) is 2.08. The fourth-order valence-electron chi connectivity index (χ4n) is 2.08. The predicted molar refractivity (Wildman–Crippen MR) is 66.8 cm³/mol. The molecule has 0 amide bonds. The summed E-state index contributed by atoms with van der Waals surface area (Å²) < 4.78 is 10.4. The van der Waals surface area contributed by atoms with Gasteiger partial charge in [0.2, 0.25) is 0 Å². The van der Waals surface area contributed by atoms with E-state index in [1.165, 1.54) is 6.08 Å². The molecule has 4 heteroatoms. The Hall–Kier alpha value is -0.870. The summed E-state index contributed by atoms with van der Waals surface area (Å²) in [6.45, 7) is 6.91. The van der Waals surface area contributed by atoms with Crippen LogP contribution >= 0.6 is 0 Å². The van der Waals surface area contributed by atoms with E-state index in [-0.39, 0.29) is 5.97 Å². The van der Waals surface area contributed by atoms with Gasteiger partial charge in [-0.15, -0.1) is 0 Å². The maximum absolute atomic E-state index is 11.0. The molecular weight excluding hydrogens is 218 g/mol. The Bertz CT molecular complexity index is 253. The lowest BCUT2D eigenvalue weighted by Crippen LogP contribution is -2.28. The topological polar surface area (TPSA) is 47.6 Å². The molecule has 4 nitrogen and oxygen atoms in total. The Balaban J connectivity index is 2.09. The van der Waals surface area contributed by atoms with E-state index in [0.717, 1.165) is 26.0 Å². The van der Waals surface area contributed by atoms with Crippen LogP contribution in [0.5, 0.6) is 0 Å². The average molecular weight is 241 g/mol. The van der Waals surface area contributed by atoms with Crippen LogP contribution < -0.4 is 5.32 Å². The average Bonchev–Trinajstić information content (AvgIpc) is 2.76. The minimum absolute atomic E-state index is 0.273. The van der Waals surface area contributed by atoms with Crippen LogP contribution in [0.15, 0.2) is 12.2 Å². The van der Waals surface area contributed by atoms with Crippen LogP contribution in [0.2, 0.25) is 0 Å². The SMILES string of the molecule is CCOC(=O)/C=C/CNCC1CCOC1CC. The van der Waals surface area contributed by atoms with Gasteiger partial charge in [-0.25, -0.2) is 4.79 Å². The van der Waals surface area contributed by atoms with Gasteiger partial charge in [0, 0.05) is 25.8 Å². The molecular formula is C13H23NO3. The maximum Gasteiger partial charge on any atom is 0.330 e. The predicted octanol–water partition coefficient (Wildman–Crippen LogP) is 1.51. The zero-order valence-electron chi connectivity index (χ0n) is 10.8. The minimum Gasteiger partial charge on any atom is -0.463 e. The Kier molecular flexibility index (Phi) is 6.89. The summed E-state index contributed by atoms with van der Waals surface area (Å²) in [6.07, 6.45) is 5.88. The lowest BCUT2D eigenvalue weighted by atomic mass is 10.00. The van der Waals surface area contributed by atoms with Crippen molar-refractivity contribution < 1.29 is 14.3 Å². The van der Waals surface area contributed by atoms with Crippen LogP contribution in [0, 0.1) is 5.92 Å². The standard InChI is InChI=1S/C13H23NO3/c1-3-12-11(7-9-17-12)10-14-8-5-6-13(15)16-4-2/h5-6,11-12,14H,3-4,7-10H2,1-2H3/b6-5+. The summed E-state index contributed by atoms with van der Waals surface area (Å²) in [7, 11) is 0. The van der Waals surface area contributed by atoms with Gasteiger partial charge in [-0.1, -0.05) is 13.0 Å². The first-order valence-electron chi connectivity index (χ1n) is 6.43. The number of ether oxygens (including phenoxy) is 2. The highest BCUT2D eigenvalue weighted by Gasteiger charge is 2.25. The normalized spacial score (nSPS) is 24.4. The van der Waals surface area contributed by atoms with Crippen LogP contribution in [-0.2, 0) is 14.3 Å². The van der Waals surface area contributed by atoms with Gasteiger partial charge in [0.25, 0.3) is 0 Å². The Morgan fingerprint density at radius 2 is 2.35 bits per heavy atom. The first-order chi connectivity index (χ1) is 8.27. The van der Waals surface area contributed by atoms with Gasteiger partial charge >= 0.3 is 5.97 Å². The lowest BCUT2D eigenvalue weighted by molar-refractivity contribution is -0.137. The van der Waals surface area contributed by atoms with Crippen molar-refractivity contribution in [2.45, 2.75) is 32.8 Å². The fraction of sp³-hybridized carbons (Fsp3) is 0.769. The van der Waals surface area contributed by atoms with Gasteiger partial charge in [-0.05, 0) is 25.7 Å². The van der Waals surface area contributed by atoms with Gasteiger partial charge in [-0.3, -0.25) is 0 Å². The highest BCUT2D eigenvalue weighted by Crippen LogP contribution is 2.22. The van der Waals surface area contributed by atoms with Crippen molar-refractivity contribution in [2.75, 3.05) is 26.3 Å². The van der Waals surface area contributed by atoms with E-state index >= 15 is 0 Å². The molecule has 0 radical (unpaired) electrons. The van der Waals surface area contributed by atoms with Crippen molar-refractivity contribution in [2.24, 2.45) is 5.92 Å². The van der Waals surface area contributed by atoms with Crippen LogP contribution in [0.4, 0.5) is 0 Å². The van der Waals surface area contributed by atoms with Gasteiger partial charge < -0.3 is 14.8 Å². The van der Waals surface area contributed by atoms with E-state index in [2.05, 4.69) is 12.2 Å². The number of carbonyl (C=O) groups is 1. The monoisotopic (exact) mass is 241 g/mol. The van der Waals surface area contributed by atoms with E-state index < -0.39 is 0 Å². The number of carbonyl (C=O) groups excluding carboxylic acids is 1. The third-order valence-electron chi connectivity index (χ3n) is 2.96. The van der Waals surface area contributed by atoms with Gasteiger partial charge in [0.1, 0.15) is 0 Å². The molecule has 0 saturated carbocycles. The van der Waals surface area contributed by atoms with Crippen LogP contribution in [0.25, 0.3) is 0 Å². The second-order valence-electron chi connectivity index (χ2n) is 4.18. The van der Waals surface area contributed by atoms with E-state index in [0.29, 0.717) is 25.2 Å². The van der Waals surface area contributed by atoms with Gasteiger partial charge in [0.15, 0.2) is 0 Å². The molecule has 1 N–H and O–H groups in total.